The lowest BCUT2D eigenvalue weighted by molar-refractivity contribution is 0.410. The standard InChI is InChI=1S/C17H22N2O/c1-4-19-16(10-14-6-5-9-18-12-14)15-8-7-13(2)17(11-15)20-3/h5-9,11-12,16,19H,4,10H2,1-3H3. The summed E-state index contributed by atoms with van der Waals surface area (Å²) >= 11 is 0. The van der Waals surface area contributed by atoms with Gasteiger partial charge in [0.25, 0.3) is 0 Å². The summed E-state index contributed by atoms with van der Waals surface area (Å²) in [5, 5.41) is 3.53. The fraction of sp³-hybridized carbons (Fsp3) is 0.353. The minimum absolute atomic E-state index is 0.277. The summed E-state index contributed by atoms with van der Waals surface area (Å²) in [6.07, 6.45) is 4.66. The molecule has 1 unspecified atom stereocenters. The molecule has 1 aromatic carbocycles. The smallest absolute Gasteiger partial charge is 0.122 e. The van der Waals surface area contributed by atoms with Crippen LogP contribution in [0, 0.1) is 6.92 Å². The topological polar surface area (TPSA) is 34.2 Å². The van der Waals surface area contributed by atoms with Crippen molar-refractivity contribution in [2.24, 2.45) is 0 Å². The Bertz CT molecular complexity index is 540. The van der Waals surface area contributed by atoms with Gasteiger partial charge >= 0.3 is 0 Å². The van der Waals surface area contributed by atoms with Crippen LogP contribution in [0.4, 0.5) is 0 Å². The second-order valence-electron chi connectivity index (χ2n) is 4.90. The molecule has 2 aromatic rings. The third-order valence-corrected chi connectivity index (χ3v) is 3.45. The van der Waals surface area contributed by atoms with E-state index in [9.17, 15) is 0 Å². The summed E-state index contributed by atoms with van der Waals surface area (Å²) in [5.74, 6) is 0.941. The van der Waals surface area contributed by atoms with E-state index in [1.165, 1.54) is 11.1 Å². The fourth-order valence-electron chi connectivity index (χ4n) is 2.36. The van der Waals surface area contributed by atoms with E-state index in [4.69, 9.17) is 4.74 Å². The molecule has 2 rings (SSSR count). The first kappa shape index (κ1) is 14.5. The zero-order chi connectivity index (χ0) is 14.4. The summed E-state index contributed by atoms with van der Waals surface area (Å²) in [5.41, 5.74) is 3.64. The lowest BCUT2D eigenvalue weighted by Gasteiger charge is -2.19. The molecule has 1 heterocycles. The quantitative estimate of drug-likeness (QED) is 0.874. The zero-order valence-electron chi connectivity index (χ0n) is 12.4. The van der Waals surface area contributed by atoms with Crippen molar-refractivity contribution in [3.63, 3.8) is 0 Å². The molecule has 0 fully saturated rings. The van der Waals surface area contributed by atoms with E-state index in [1.54, 1.807) is 13.3 Å². The van der Waals surface area contributed by atoms with Gasteiger partial charge in [0.2, 0.25) is 0 Å². The average Bonchev–Trinajstić information content (AvgIpc) is 2.48. The fourth-order valence-corrected chi connectivity index (χ4v) is 2.36. The molecule has 0 bridgehead atoms. The van der Waals surface area contributed by atoms with Crippen molar-refractivity contribution in [3.05, 3.63) is 59.4 Å². The van der Waals surface area contributed by atoms with Crippen molar-refractivity contribution in [2.75, 3.05) is 13.7 Å². The van der Waals surface area contributed by atoms with Gasteiger partial charge in [-0.05, 0) is 48.7 Å². The molecule has 0 saturated heterocycles. The van der Waals surface area contributed by atoms with Gasteiger partial charge in [0, 0.05) is 18.4 Å². The summed E-state index contributed by atoms with van der Waals surface area (Å²) in [6, 6.07) is 10.8. The maximum absolute atomic E-state index is 5.42. The minimum Gasteiger partial charge on any atom is -0.496 e. The predicted octanol–water partition coefficient (Wildman–Crippen LogP) is 3.29. The second kappa shape index (κ2) is 7.06. The Labute approximate surface area is 121 Å². The van der Waals surface area contributed by atoms with Gasteiger partial charge < -0.3 is 10.1 Å². The number of hydrogen-bond acceptors (Lipinski definition) is 3. The summed E-state index contributed by atoms with van der Waals surface area (Å²) in [7, 11) is 1.72. The van der Waals surface area contributed by atoms with E-state index in [0.29, 0.717) is 0 Å². The van der Waals surface area contributed by atoms with Crippen LogP contribution < -0.4 is 10.1 Å². The molecular weight excluding hydrogens is 248 g/mol. The van der Waals surface area contributed by atoms with Crippen LogP contribution in [0.15, 0.2) is 42.7 Å². The van der Waals surface area contributed by atoms with Gasteiger partial charge in [-0.3, -0.25) is 4.98 Å². The summed E-state index contributed by atoms with van der Waals surface area (Å²) < 4.78 is 5.42. The zero-order valence-corrected chi connectivity index (χ0v) is 12.4. The summed E-state index contributed by atoms with van der Waals surface area (Å²) in [6.45, 7) is 5.12. The Balaban J connectivity index is 2.24. The van der Waals surface area contributed by atoms with Crippen LogP contribution in [0.25, 0.3) is 0 Å². The number of pyridine rings is 1. The van der Waals surface area contributed by atoms with Crippen molar-refractivity contribution in [3.8, 4) is 5.75 Å². The average molecular weight is 270 g/mol. The SMILES string of the molecule is CCNC(Cc1cccnc1)c1ccc(C)c(OC)c1. The maximum atomic E-state index is 5.42. The number of nitrogens with zero attached hydrogens (tertiary/aromatic N) is 1. The Morgan fingerprint density at radius 1 is 1.30 bits per heavy atom. The van der Waals surface area contributed by atoms with Gasteiger partial charge in [-0.1, -0.05) is 25.1 Å². The summed E-state index contributed by atoms with van der Waals surface area (Å²) in [4.78, 5) is 4.19. The molecule has 0 aliphatic heterocycles. The van der Waals surface area contributed by atoms with Gasteiger partial charge in [0.05, 0.1) is 7.11 Å². The molecule has 1 atom stereocenters. The van der Waals surface area contributed by atoms with E-state index < -0.39 is 0 Å². The van der Waals surface area contributed by atoms with E-state index in [2.05, 4.69) is 48.4 Å². The number of nitrogens with one attached hydrogen (secondary N) is 1. The second-order valence-corrected chi connectivity index (χ2v) is 4.90. The van der Waals surface area contributed by atoms with E-state index >= 15 is 0 Å². The van der Waals surface area contributed by atoms with Crippen molar-refractivity contribution < 1.29 is 4.74 Å². The molecule has 1 aromatic heterocycles. The molecule has 0 spiro atoms. The highest BCUT2D eigenvalue weighted by Gasteiger charge is 2.13. The maximum Gasteiger partial charge on any atom is 0.122 e. The number of hydrogen-bond donors (Lipinski definition) is 1. The van der Waals surface area contributed by atoms with Crippen LogP contribution in [0.1, 0.15) is 29.7 Å². The monoisotopic (exact) mass is 270 g/mol. The molecule has 3 nitrogen and oxygen atoms in total. The molecule has 0 aliphatic carbocycles. The van der Waals surface area contributed by atoms with Crippen molar-refractivity contribution in [1.29, 1.82) is 0 Å². The largest absolute Gasteiger partial charge is 0.496 e. The first-order valence-corrected chi connectivity index (χ1v) is 7.01. The Morgan fingerprint density at radius 3 is 2.80 bits per heavy atom. The molecule has 0 amide bonds. The van der Waals surface area contributed by atoms with E-state index in [0.717, 1.165) is 24.3 Å². The lowest BCUT2D eigenvalue weighted by atomic mass is 9.98. The molecule has 0 aliphatic rings. The third-order valence-electron chi connectivity index (χ3n) is 3.45. The number of ether oxygens (including phenoxy) is 1. The molecule has 1 N–H and O–H groups in total. The number of aromatic nitrogens is 1. The Kier molecular flexibility index (Phi) is 5.13. The van der Waals surface area contributed by atoms with Crippen LogP contribution in [-0.2, 0) is 6.42 Å². The van der Waals surface area contributed by atoms with E-state index in [-0.39, 0.29) is 6.04 Å². The molecular formula is C17H22N2O. The highest BCUT2D eigenvalue weighted by molar-refractivity contribution is 5.38. The van der Waals surface area contributed by atoms with Crippen LogP contribution in [0.5, 0.6) is 5.75 Å². The highest BCUT2D eigenvalue weighted by Crippen LogP contribution is 2.25. The number of benzene rings is 1. The predicted molar refractivity (Wildman–Crippen MR) is 82.1 cm³/mol. The van der Waals surface area contributed by atoms with Gasteiger partial charge in [-0.15, -0.1) is 0 Å². The van der Waals surface area contributed by atoms with Gasteiger partial charge in [-0.2, -0.15) is 0 Å². The van der Waals surface area contributed by atoms with E-state index in [1.807, 2.05) is 12.3 Å². The minimum atomic E-state index is 0.277. The first-order chi connectivity index (χ1) is 9.74. The van der Waals surface area contributed by atoms with Gasteiger partial charge in [0.15, 0.2) is 0 Å². The normalized spacial score (nSPS) is 12.2. The van der Waals surface area contributed by atoms with Crippen LogP contribution in [0.3, 0.4) is 0 Å². The van der Waals surface area contributed by atoms with Crippen molar-refractivity contribution in [1.82, 2.24) is 10.3 Å². The Morgan fingerprint density at radius 2 is 2.15 bits per heavy atom. The van der Waals surface area contributed by atoms with Gasteiger partial charge in [0.1, 0.15) is 5.75 Å². The van der Waals surface area contributed by atoms with Gasteiger partial charge in [-0.25, -0.2) is 0 Å². The molecule has 0 radical (unpaired) electrons. The third kappa shape index (κ3) is 3.58. The number of rotatable bonds is 6. The van der Waals surface area contributed by atoms with Crippen molar-refractivity contribution >= 4 is 0 Å². The lowest BCUT2D eigenvalue weighted by Crippen LogP contribution is -2.23. The molecule has 20 heavy (non-hydrogen) atoms. The number of methoxy groups -OCH3 is 1. The molecule has 0 saturated carbocycles. The highest BCUT2D eigenvalue weighted by atomic mass is 16.5. The van der Waals surface area contributed by atoms with Crippen LogP contribution in [0.2, 0.25) is 0 Å². The number of aryl methyl sites for hydroxylation is 1. The van der Waals surface area contributed by atoms with Crippen LogP contribution in [-0.4, -0.2) is 18.6 Å². The Hall–Kier alpha value is -1.87. The number of likely N-dealkylation sites (N-methyl/N-ethyl adjacent to an activating group) is 1. The molecule has 3 heteroatoms. The van der Waals surface area contributed by atoms with Crippen LogP contribution >= 0.6 is 0 Å². The molecule has 106 valence electrons. The van der Waals surface area contributed by atoms with Crippen molar-refractivity contribution in [2.45, 2.75) is 26.3 Å². The first-order valence-electron chi connectivity index (χ1n) is 7.01.